The van der Waals surface area contributed by atoms with Gasteiger partial charge >= 0.3 is 0 Å². The Morgan fingerprint density at radius 2 is 1.14 bits per heavy atom. The lowest BCUT2D eigenvalue weighted by atomic mass is 9.61. The van der Waals surface area contributed by atoms with Gasteiger partial charge in [-0.15, -0.1) is 0 Å². The van der Waals surface area contributed by atoms with Crippen molar-refractivity contribution < 1.29 is 0 Å². The third-order valence-electron chi connectivity index (χ3n) is 12.4. The Bertz CT molecular complexity index is 883. The van der Waals surface area contributed by atoms with Crippen molar-refractivity contribution in [3.8, 4) is 0 Å². The normalized spacial score (nSPS) is 41.9. The van der Waals surface area contributed by atoms with Crippen molar-refractivity contribution in [3.05, 3.63) is 29.6 Å². The molecule has 1 heterocycles. The van der Waals surface area contributed by atoms with E-state index in [-0.39, 0.29) is 0 Å². The summed E-state index contributed by atoms with van der Waals surface area (Å²) in [6.07, 6.45) is 13.3. The molecule has 1 aromatic heterocycles. The van der Waals surface area contributed by atoms with Gasteiger partial charge in [-0.05, 0) is 109 Å². The average molecular weight is 528 g/mol. The topological polar surface area (TPSA) is 12.9 Å². The summed E-state index contributed by atoms with van der Waals surface area (Å²) in [4.78, 5) is 5.54. The van der Waals surface area contributed by atoms with Crippen LogP contribution in [0.2, 0.25) is 0 Å². The maximum atomic E-state index is 5.54. The Labute approximate surface area is 231 Å². The highest BCUT2D eigenvalue weighted by Gasteiger charge is 2.70. The number of rotatable bonds is 10. The fourth-order valence-electron chi connectivity index (χ4n) is 10.2. The Balaban J connectivity index is 1.48. The monoisotopic (exact) mass is 527 g/mol. The van der Waals surface area contributed by atoms with Gasteiger partial charge in [0.05, 0.1) is 0 Å². The molecule has 4 fully saturated rings. The lowest BCUT2D eigenvalue weighted by Crippen LogP contribution is -2.54. The van der Waals surface area contributed by atoms with Crippen LogP contribution in [0.5, 0.6) is 0 Å². The van der Waals surface area contributed by atoms with Crippen LogP contribution in [0.1, 0.15) is 118 Å². The first kappa shape index (κ1) is 27.4. The molecule has 4 bridgehead atoms. The van der Waals surface area contributed by atoms with Crippen molar-refractivity contribution in [1.29, 1.82) is 0 Å². The molecule has 0 N–H and O–H groups in total. The van der Waals surface area contributed by atoms with Crippen LogP contribution in [-0.2, 0) is 12.8 Å². The molecule has 1 aromatic rings. The molecule has 1 nitrogen and oxygen atoms in total. The van der Waals surface area contributed by atoms with Gasteiger partial charge in [0.15, 0.2) is 0 Å². The Morgan fingerprint density at radius 1 is 0.722 bits per heavy atom. The second-order valence-electron chi connectivity index (χ2n) is 14.8. The van der Waals surface area contributed by atoms with E-state index in [1.54, 1.807) is 0 Å². The predicted octanol–water partition coefficient (Wildman–Crippen LogP) is 9.62. The van der Waals surface area contributed by atoms with Gasteiger partial charge in [0.1, 0.15) is 0 Å². The van der Waals surface area contributed by atoms with Crippen molar-refractivity contribution >= 4 is 23.5 Å². The zero-order chi connectivity index (χ0) is 26.0. The Morgan fingerprint density at radius 3 is 1.47 bits per heavy atom. The van der Waals surface area contributed by atoms with E-state index in [9.17, 15) is 0 Å². The van der Waals surface area contributed by atoms with Gasteiger partial charge in [-0.1, -0.05) is 61.5 Å². The number of thioether (sulfide) groups is 2. The lowest BCUT2D eigenvalue weighted by molar-refractivity contribution is 0.105. The predicted molar refractivity (Wildman–Crippen MR) is 161 cm³/mol. The van der Waals surface area contributed by atoms with Gasteiger partial charge in [0, 0.05) is 33.7 Å². The molecule has 4 aliphatic carbocycles. The number of aromatic nitrogens is 1. The minimum Gasteiger partial charge on any atom is -0.258 e. The molecule has 0 aromatic carbocycles. The molecule has 3 heteroatoms. The van der Waals surface area contributed by atoms with Crippen molar-refractivity contribution in [2.75, 3.05) is 11.5 Å². The summed E-state index contributed by atoms with van der Waals surface area (Å²) in [5.41, 5.74) is 4.35. The van der Waals surface area contributed by atoms with Crippen LogP contribution in [0.4, 0.5) is 0 Å². The van der Waals surface area contributed by atoms with Crippen LogP contribution in [0.25, 0.3) is 0 Å². The molecule has 202 valence electrons. The largest absolute Gasteiger partial charge is 0.258 e. The quantitative estimate of drug-likeness (QED) is 0.300. The van der Waals surface area contributed by atoms with E-state index in [1.807, 2.05) is 0 Å². The number of nitrogens with zero attached hydrogens (tertiary/aromatic N) is 1. The molecule has 0 amide bonds. The molecule has 36 heavy (non-hydrogen) atoms. The maximum absolute atomic E-state index is 5.54. The van der Waals surface area contributed by atoms with Crippen molar-refractivity contribution in [3.63, 3.8) is 0 Å². The molecule has 0 unspecified atom stereocenters. The van der Waals surface area contributed by atoms with Crippen molar-refractivity contribution in [1.82, 2.24) is 4.98 Å². The summed E-state index contributed by atoms with van der Waals surface area (Å²) in [6.45, 7) is 20.4. The fraction of sp³-hybridized carbons (Fsp3) is 0.848. The van der Waals surface area contributed by atoms with E-state index in [4.69, 9.17) is 4.98 Å². The molecule has 0 saturated heterocycles. The van der Waals surface area contributed by atoms with Crippen LogP contribution in [0.3, 0.4) is 0 Å². The number of pyridine rings is 1. The molecular weight excluding hydrogens is 475 g/mol. The number of fused-ring (bicyclic) bond motifs is 4. The van der Waals surface area contributed by atoms with Gasteiger partial charge in [0.2, 0.25) is 0 Å². The van der Waals surface area contributed by atoms with E-state index in [0.717, 1.165) is 24.7 Å². The summed E-state index contributed by atoms with van der Waals surface area (Å²) in [6, 6.07) is 7.07. The molecule has 0 radical (unpaired) electrons. The molecule has 4 saturated carbocycles. The van der Waals surface area contributed by atoms with Crippen LogP contribution < -0.4 is 0 Å². The summed E-state index contributed by atoms with van der Waals surface area (Å²) < 4.78 is 0.605. The maximum Gasteiger partial charge on any atom is 0.0421 e. The number of hydrogen-bond donors (Lipinski definition) is 0. The van der Waals surface area contributed by atoms with E-state index >= 15 is 0 Å². The van der Waals surface area contributed by atoms with Crippen LogP contribution >= 0.6 is 23.5 Å². The molecule has 6 atom stereocenters. The molecular formula is C33H53NS2. The van der Waals surface area contributed by atoms with E-state index in [1.165, 1.54) is 74.3 Å². The highest BCUT2D eigenvalue weighted by Crippen LogP contribution is 2.74. The van der Waals surface area contributed by atoms with Crippen molar-refractivity contribution in [2.24, 2.45) is 33.5 Å². The fourth-order valence-corrected chi connectivity index (χ4v) is 13.9. The third kappa shape index (κ3) is 3.66. The number of hydrogen-bond acceptors (Lipinski definition) is 3. The van der Waals surface area contributed by atoms with Gasteiger partial charge in [-0.2, -0.15) is 23.5 Å². The van der Waals surface area contributed by atoms with Gasteiger partial charge in [-0.25, -0.2) is 0 Å². The molecule has 4 aliphatic rings. The minimum atomic E-state index is 0.302. The van der Waals surface area contributed by atoms with Gasteiger partial charge in [0.25, 0.3) is 0 Å². The van der Waals surface area contributed by atoms with Gasteiger partial charge < -0.3 is 0 Å². The second kappa shape index (κ2) is 9.21. The zero-order valence-electron chi connectivity index (χ0n) is 24.6. The SMILES string of the molecule is CCCS[C@@]1(Cc2cccc(C[C@]3(SCCC)C(C)(C)[C@H]4CC[C@]3(C)C4)n2)C(C)(C)[C@H]2CC[C@]1(C)C2. The van der Waals surface area contributed by atoms with E-state index < -0.39 is 0 Å². The van der Waals surface area contributed by atoms with E-state index in [2.05, 4.69) is 97.1 Å². The summed E-state index contributed by atoms with van der Waals surface area (Å²) in [7, 11) is 0. The zero-order valence-corrected chi connectivity index (χ0v) is 26.3. The van der Waals surface area contributed by atoms with Crippen LogP contribution in [-0.4, -0.2) is 26.0 Å². The summed E-state index contributed by atoms with van der Waals surface area (Å²) in [5, 5.41) is 0. The first-order chi connectivity index (χ1) is 16.9. The Hall–Kier alpha value is -0.150. The minimum absolute atomic E-state index is 0.302. The summed E-state index contributed by atoms with van der Waals surface area (Å²) in [5.74, 6) is 4.30. The van der Waals surface area contributed by atoms with Crippen LogP contribution in [0, 0.1) is 33.5 Å². The standard InChI is InChI=1S/C33H53NS2/c1-9-18-35-32(28(3,4)24-14-16-30(32,7)20-24)22-26-12-11-13-27(34-26)23-33(36-19-10-2)29(5,6)25-15-17-31(33,8)21-25/h11-13,24-25H,9-10,14-23H2,1-8H3/t24-,25-,30+,31+,32-,33-/m0/s1. The first-order valence-corrected chi connectivity index (χ1v) is 17.1. The van der Waals surface area contributed by atoms with Crippen molar-refractivity contribution in [2.45, 2.75) is 129 Å². The molecule has 5 rings (SSSR count). The highest BCUT2D eigenvalue weighted by molar-refractivity contribution is 8.01. The molecule has 0 aliphatic heterocycles. The molecule has 0 spiro atoms. The summed E-state index contributed by atoms with van der Waals surface area (Å²) >= 11 is 4.62. The third-order valence-corrected chi connectivity index (χ3v) is 16.9. The average Bonchev–Trinajstić information content (AvgIpc) is 3.50. The second-order valence-corrected chi connectivity index (χ2v) is 17.6. The first-order valence-electron chi connectivity index (χ1n) is 15.1. The smallest absolute Gasteiger partial charge is 0.0421 e. The van der Waals surface area contributed by atoms with E-state index in [0.29, 0.717) is 31.2 Å². The van der Waals surface area contributed by atoms with Crippen LogP contribution in [0.15, 0.2) is 18.2 Å². The highest BCUT2D eigenvalue weighted by atomic mass is 32.2. The van der Waals surface area contributed by atoms with Gasteiger partial charge in [-0.3, -0.25) is 4.98 Å². The Kier molecular flexibility index (Phi) is 7.01. The lowest BCUT2D eigenvalue weighted by Gasteiger charge is -2.55.